The normalized spacial score (nSPS) is 12.9. The zero-order valence-corrected chi connectivity index (χ0v) is 45.3. The molecular formula is C60H116O6. The fourth-order valence-corrected chi connectivity index (χ4v) is 9.16. The van der Waals surface area contributed by atoms with Gasteiger partial charge in [-0.25, -0.2) is 0 Å². The number of hydrogen-bond acceptors (Lipinski definition) is 6. The van der Waals surface area contributed by atoms with Gasteiger partial charge in [-0.05, 0) is 31.1 Å². The summed E-state index contributed by atoms with van der Waals surface area (Å²) in [6.45, 7) is 11.4. The summed E-state index contributed by atoms with van der Waals surface area (Å²) < 4.78 is 16.9. The van der Waals surface area contributed by atoms with Crippen LogP contribution in [-0.4, -0.2) is 37.2 Å². The Bertz CT molecular complexity index is 1010. The molecule has 392 valence electrons. The molecule has 0 saturated carbocycles. The molecular weight excluding hydrogens is 817 g/mol. The summed E-state index contributed by atoms with van der Waals surface area (Å²) >= 11 is 0. The van der Waals surface area contributed by atoms with Crippen molar-refractivity contribution in [3.05, 3.63) is 0 Å². The third-order valence-electron chi connectivity index (χ3n) is 14.4. The van der Waals surface area contributed by atoms with Crippen molar-refractivity contribution in [1.82, 2.24) is 0 Å². The SMILES string of the molecule is CCCCCCCCCCCCCCCCCCC(=O)OC[C@H](COC(=O)CCCCCCCCC(C)CC)OC(=O)CCCCCCCCCCCCCCCCCCCCC(C)CC. The smallest absolute Gasteiger partial charge is 0.306 e. The summed E-state index contributed by atoms with van der Waals surface area (Å²) in [5.41, 5.74) is 0. The van der Waals surface area contributed by atoms with Crippen LogP contribution < -0.4 is 0 Å². The maximum atomic E-state index is 12.9. The van der Waals surface area contributed by atoms with Crippen LogP contribution in [-0.2, 0) is 28.6 Å². The molecule has 0 saturated heterocycles. The van der Waals surface area contributed by atoms with E-state index in [2.05, 4.69) is 34.6 Å². The molecule has 0 aromatic carbocycles. The lowest BCUT2D eigenvalue weighted by atomic mass is 9.99. The number of ether oxygens (including phenoxy) is 3. The largest absolute Gasteiger partial charge is 0.462 e. The molecule has 0 aromatic rings. The van der Waals surface area contributed by atoms with Crippen molar-refractivity contribution in [3.63, 3.8) is 0 Å². The molecule has 0 aliphatic rings. The molecule has 0 aliphatic carbocycles. The second kappa shape index (κ2) is 52.8. The van der Waals surface area contributed by atoms with Gasteiger partial charge in [0.25, 0.3) is 0 Å². The van der Waals surface area contributed by atoms with Gasteiger partial charge < -0.3 is 14.2 Å². The average molecular weight is 934 g/mol. The van der Waals surface area contributed by atoms with Crippen LogP contribution in [0.25, 0.3) is 0 Å². The lowest BCUT2D eigenvalue weighted by Gasteiger charge is -2.18. The highest BCUT2D eigenvalue weighted by atomic mass is 16.6. The lowest BCUT2D eigenvalue weighted by molar-refractivity contribution is -0.167. The Balaban J connectivity index is 4.21. The van der Waals surface area contributed by atoms with Crippen molar-refractivity contribution in [3.8, 4) is 0 Å². The first-order valence-electron chi connectivity index (χ1n) is 29.8. The zero-order valence-electron chi connectivity index (χ0n) is 45.3. The van der Waals surface area contributed by atoms with E-state index in [9.17, 15) is 14.4 Å². The second-order valence-electron chi connectivity index (χ2n) is 21.1. The highest BCUT2D eigenvalue weighted by molar-refractivity contribution is 5.71. The van der Waals surface area contributed by atoms with Crippen LogP contribution in [0.1, 0.15) is 336 Å². The van der Waals surface area contributed by atoms with Crippen LogP contribution in [0.2, 0.25) is 0 Å². The van der Waals surface area contributed by atoms with Crippen LogP contribution in [0.3, 0.4) is 0 Å². The van der Waals surface area contributed by atoms with Gasteiger partial charge in [0.15, 0.2) is 6.10 Å². The third kappa shape index (κ3) is 50.3. The fourth-order valence-electron chi connectivity index (χ4n) is 9.16. The van der Waals surface area contributed by atoms with Crippen molar-refractivity contribution in [2.24, 2.45) is 11.8 Å². The van der Waals surface area contributed by atoms with E-state index in [-0.39, 0.29) is 31.1 Å². The van der Waals surface area contributed by atoms with E-state index in [0.717, 1.165) is 69.6 Å². The number of carbonyl (C=O) groups is 3. The van der Waals surface area contributed by atoms with Gasteiger partial charge in [-0.2, -0.15) is 0 Å². The maximum absolute atomic E-state index is 12.9. The first-order valence-corrected chi connectivity index (χ1v) is 29.8. The van der Waals surface area contributed by atoms with E-state index in [1.807, 2.05) is 0 Å². The van der Waals surface area contributed by atoms with Gasteiger partial charge in [0.2, 0.25) is 0 Å². The van der Waals surface area contributed by atoms with Gasteiger partial charge in [-0.1, -0.05) is 298 Å². The van der Waals surface area contributed by atoms with Crippen LogP contribution in [0, 0.1) is 11.8 Å². The van der Waals surface area contributed by atoms with Crippen molar-refractivity contribution >= 4 is 17.9 Å². The van der Waals surface area contributed by atoms with Crippen LogP contribution >= 0.6 is 0 Å². The first-order chi connectivity index (χ1) is 32.3. The minimum atomic E-state index is -0.763. The highest BCUT2D eigenvalue weighted by Gasteiger charge is 2.19. The molecule has 0 fully saturated rings. The summed E-state index contributed by atoms with van der Waals surface area (Å²) in [7, 11) is 0. The van der Waals surface area contributed by atoms with E-state index in [4.69, 9.17) is 14.2 Å². The molecule has 0 amide bonds. The Hall–Kier alpha value is -1.59. The van der Waals surface area contributed by atoms with Crippen LogP contribution in [0.4, 0.5) is 0 Å². The number of esters is 3. The van der Waals surface area contributed by atoms with Gasteiger partial charge in [0, 0.05) is 19.3 Å². The summed E-state index contributed by atoms with van der Waals surface area (Å²) in [4.78, 5) is 38.1. The quantitative estimate of drug-likeness (QED) is 0.0343. The predicted octanol–water partition coefficient (Wildman–Crippen LogP) is 19.7. The highest BCUT2D eigenvalue weighted by Crippen LogP contribution is 2.19. The minimum Gasteiger partial charge on any atom is -0.462 e. The monoisotopic (exact) mass is 933 g/mol. The minimum absolute atomic E-state index is 0.0633. The molecule has 6 heteroatoms. The van der Waals surface area contributed by atoms with E-state index in [0.29, 0.717) is 19.3 Å². The van der Waals surface area contributed by atoms with Gasteiger partial charge >= 0.3 is 17.9 Å². The Morgan fingerprint density at radius 2 is 0.530 bits per heavy atom. The lowest BCUT2D eigenvalue weighted by Crippen LogP contribution is -2.30. The number of rotatable bonds is 54. The Labute approximate surface area is 412 Å². The molecule has 0 N–H and O–H groups in total. The molecule has 0 radical (unpaired) electrons. The molecule has 0 spiro atoms. The summed E-state index contributed by atoms with van der Waals surface area (Å²) in [5.74, 6) is 0.882. The Morgan fingerprint density at radius 3 is 0.788 bits per heavy atom. The van der Waals surface area contributed by atoms with E-state index in [1.54, 1.807) is 0 Å². The first kappa shape index (κ1) is 64.4. The second-order valence-corrected chi connectivity index (χ2v) is 21.1. The molecule has 0 heterocycles. The van der Waals surface area contributed by atoms with E-state index in [1.165, 1.54) is 225 Å². The van der Waals surface area contributed by atoms with Crippen molar-refractivity contribution in [2.75, 3.05) is 13.2 Å². The topological polar surface area (TPSA) is 78.9 Å². The fraction of sp³-hybridized carbons (Fsp3) is 0.950. The average Bonchev–Trinajstić information content (AvgIpc) is 3.32. The molecule has 0 bridgehead atoms. The molecule has 2 unspecified atom stereocenters. The standard InChI is InChI=1S/C60H116O6/c1-6-9-10-11-12-13-14-15-16-22-25-28-31-34-40-45-50-58(61)64-53-57(54-65-59(62)51-46-41-37-36-39-44-49-56(5)8-3)66-60(63)52-47-42-35-32-29-26-23-20-18-17-19-21-24-27-30-33-38-43-48-55(4)7-2/h55-57H,6-54H2,1-5H3/t55?,56?,57-/m1/s1. The molecule has 0 aliphatic heterocycles. The maximum Gasteiger partial charge on any atom is 0.306 e. The predicted molar refractivity (Wildman–Crippen MR) is 284 cm³/mol. The van der Waals surface area contributed by atoms with Crippen molar-refractivity contribution < 1.29 is 28.6 Å². The van der Waals surface area contributed by atoms with Crippen LogP contribution in [0.15, 0.2) is 0 Å². The number of carbonyl (C=O) groups excluding carboxylic acids is 3. The summed E-state index contributed by atoms with van der Waals surface area (Å²) in [6, 6.07) is 0. The van der Waals surface area contributed by atoms with Gasteiger partial charge in [-0.15, -0.1) is 0 Å². The van der Waals surface area contributed by atoms with Gasteiger partial charge in [0.05, 0.1) is 0 Å². The van der Waals surface area contributed by atoms with E-state index < -0.39 is 6.10 Å². The molecule has 0 aromatic heterocycles. The number of hydrogen-bond donors (Lipinski definition) is 0. The van der Waals surface area contributed by atoms with Gasteiger partial charge in [0.1, 0.15) is 13.2 Å². The Morgan fingerprint density at radius 1 is 0.303 bits per heavy atom. The number of unbranched alkanes of at least 4 members (excludes halogenated alkanes) is 37. The zero-order chi connectivity index (χ0) is 48.2. The summed E-state index contributed by atoms with van der Waals surface area (Å²) in [6.07, 6.45) is 56.7. The van der Waals surface area contributed by atoms with Crippen molar-refractivity contribution in [1.29, 1.82) is 0 Å². The summed E-state index contributed by atoms with van der Waals surface area (Å²) in [5, 5.41) is 0. The van der Waals surface area contributed by atoms with Crippen LogP contribution in [0.5, 0.6) is 0 Å². The molecule has 0 rings (SSSR count). The third-order valence-corrected chi connectivity index (χ3v) is 14.4. The van der Waals surface area contributed by atoms with E-state index >= 15 is 0 Å². The van der Waals surface area contributed by atoms with Crippen molar-refractivity contribution in [2.45, 2.75) is 343 Å². The van der Waals surface area contributed by atoms with Gasteiger partial charge in [-0.3, -0.25) is 14.4 Å². The molecule has 66 heavy (non-hydrogen) atoms. The molecule has 6 nitrogen and oxygen atoms in total. The molecule has 3 atom stereocenters. The Kier molecular flexibility index (Phi) is 51.5.